The quantitative estimate of drug-likeness (QED) is 0.684. The molecule has 2 unspecified atom stereocenters. The zero-order valence-electron chi connectivity index (χ0n) is 13.8. The van der Waals surface area contributed by atoms with E-state index in [9.17, 15) is 0 Å². The second-order valence-corrected chi connectivity index (χ2v) is 6.06. The van der Waals surface area contributed by atoms with E-state index in [1.165, 1.54) is 0 Å². The number of benzene rings is 2. The molecule has 0 aliphatic carbocycles. The SMILES string of the molecule is COc1cccc(C2=NC(N)(c3ccc4[nH]ccc4c3)C(N)N=C2)c1. The van der Waals surface area contributed by atoms with Crippen LogP contribution in [0.4, 0.5) is 0 Å². The van der Waals surface area contributed by atoms with Crippen molar-refractivity contribution in [3.8, 4) is 5.75 Å². The Morgan fingerprint density at radius 3 is 2.88 bits per heavy atom. The Morgan fingerprint density at radius 2 is 2.04 bits per heavy atom. The topological polar surface area (TPSA) is 102 Å². The van der Waals surface area contributed by atoms with Crippen molar-refractivity contribution in [3.63, 3.8) is 0 Å². The summed E-state index contributed by atoms with van der Waals surface area (Å²) in [5.74, 6) is 0.750. The monoisotopic (exact) mass is 333 g/mol. The van der Waals surface area contributed by atoms with Crippen molar-refractivity contribution < 1.29 is 4.74 Å². The first-order valence-electron chi connectivity index (χ1n) is 8.00. The highest BCUT2D eigenvalue weighted by molar-refractivity contribution is 6.38. The van der Waals surface area contributed by atoms with E-state index in [1.54, 1.807) is 13.3 Å². The third-order valence-corrected chi connectivity index (χ3v) is 4.50. The fraction of sp³-hybridized carbons (Fsp3) is 0.158. The summed E-state index contributed by atoms with van der Waals surface area (Å²) in [5, 5.41) is 1.06. The van der Waals surface area contributed by atoms with Gasteiger partial charge in [-0.2, -0.15) is 0 Å². The second-order valence-electron chi connectivity index (χ2n) is 6.06. The van der Waals surface area contributed by atoms with Gasteiger partial charge in [-0.15, -0.1) is 0 Å². The normalized spacial score (nSPS) is 22.8. The number of hydrogen-bond acceptors (Lipinski definition) is 5. The van der Waals surface area contributed by atoms with Crippen molar-refractivity contribution in [1.82, 2.24) is 4.98 Å². The van der Waals surface area contributed by atoms with Crippen molar-refractivity contribution in [2.24, 2.45) is 21.5 Å². The Labute approximate surface area is 145 Å². The molecule has 0 saturated heterocycles. The Balaban J connectivity index is 1.81. The summed E-state index contributed by atoms with van der Waals surface area (Å²) in [6.45, 7) is 0. The van der Waals surface area contributed by atoms with Gasteiger partial charge in [-0.3, -0.25) is 9.98 Å². The molecule has 1 aromatic heterocycles. The molecule has 0 amide bonds. The van der Waals surface area contributed by atoms with Gasteiger partial charge in [0.15, 0.2) is 5.66 Å². The van der Waals surface area contributed by atoms with Crippen LogP contribution in [0.2, 0.25) is 0 Å². The van der Waals surface area contributed by atoms with E-state index < -0.39 is 11.8 Å². The molecule has 0 spiro atoms. The van der Waals surface area contributed by atoms with Gasteiger partial charge in [0.1, 0.15) is 11.9 Å². The lowest BCUT2D eigenvalue weighted by atomic mass is 9.94. The Kier molecular flexibility index (Phi) is 3.63. The van der Waals surface area contributed by atoms with Gasteiger partial charge < -0.3 is 21.2 Å². The first-order chi connectivity index (χ1) is 12.1. The van der Waals surface area contributed by atoms with Crippen LogP contribution < -0.4 is 16.2 Å². The number of rotatable bonds is 3. The molecular weight excluding hydrogens is 314 g/mol. The number of H-pyrrole nitrogens is 1. The van der Waals surface area contributed by atoms with Gasteiger partial charge in [0, 0.05) is 23.5 Å². The van der Waals surface area contributed by atoms with Crippen LogP contribution in [0, 0.1) is 0 Å². The number of methoxy groups -OCH3 is 1. The van der Waals surface area contributed by atoms with E-state index in [1.807, 2.05) is 54.7 Å². The van der Waals surface area contributed by atoms with E-state index in [-0.39, 0.29) is 0 Å². The molecule has 6 heteroatoms. The number of nitrogens with two attached hydrogens (primary N) is 2. The predicted molar refractivity (Wildman–Crippen MR) is 100 cm³/mol. The van der Waals surface area contributed by atoms with Gasteiger partial charge in [-0.1, -0.05) is 18.2 Å². The molecule has 1 aliphatic heterocycles. The number of nitrogens with one attached hydrogen (secondary N) is 1. The Hall–Kier alpha value is -2.96. The van der Waals surface area contributed by atoms with Gasteiger partial charge in [-0.25, -0.2) is 0 Å². The molecule has 0 saturated carbocycles. The lowest BCUT2D eigenvalue weighted by Crippen LogP contribution is -2.52. The van der Waals surface area contributed by atoms with E-state index in [2.05, 4.69) is 9.98 Å². The lowest BCUT2D eigenvalue weighted by molar-refractivity contribution is 0.377. The largest absolute Gasteiger partial charge is 0.497 e. The number of ether oxygens (including phenoxy) is 1. The molecule has 2 heterocycles. The molecule has 0 radical (unpaired) electrons. The van der Waals surface area contributed by atoms with Gasteiger partial charge in [0.05, 0.1) is 12.8 Å². The smallest absolute Gasteiger partial charge is 0.170 e. The minimum atomic E-state index is -1.13. The maximum Gasteiger partial charge on any atom is 0.170 e. The first kappa shape index (κ1) is 15.6. The van der Waals surface area contributed by atoms with Crippen LogP contribution in [-0.4, -0.2) is 30.2 Å². The number of fused-ring (bicyclic) bond motifs is 1. The molecular formula is C19H19N5O. The molecule has 4 rings (SSSR count). The highest BCUT2D eigenvalue weighted by Gasteiger charge is 2.37. The van der Waals surface area contributed by atoms with E-state index >= 15 is 0 Å². The zero-order valence-corrected chi connectivity index (χ0v) is 13.8. The van der Waals surface area contributed by atoms with Gasteiger partial charge in [0.2, 0.25) is 0 Å². The summed E-state index contributed by atoms with van der Waals surface area (Å²) < 4.78 is 5.28. The molecule has 0 fully saturated rings. The highest BCUT2D eigenvalue weighted by Crippen LogP contribution is 2.29. The number of nitrogens with zero attached hydrogens (tertiary/aromatic N) is 2. The fourth-order valence-electron chi connectivity index (χ4n) is 3.02. The van der Waals surface area contributed by atoms with Crippen molar-refractivity contribution in [3.05, 3.63) is 65.9 Å². The third-order valence-electron chi connectivity index (χ3n) is 4.50. The van der Waals surface area contributed by atoms with Crippen molar-refractivity contribution in [2.75, 3.05) is 7.11 Å². The third kappa shape index (κ3) is 2.61. The van der Waals surface area contributed by atoms with Gasteiger partial charge in [-0.05, 0) is 41.3 Å². The molecule has 3 aromatic rings. The number of hydrogen-bond donors (Lipinski definition) is 3. The van der Waals surface area contributed by atoms with E-state index in [0.29, 0.717) is 5.71 Å². The van der Waals surface area contributed by atoms with Crippen molar-refractivity contribution in [1.29, 1.82) is 0 Å². The van der Waals surface area contributed by atoms with Gasteiger partial charge >= 0.3 is 0 Å². The maximum absolute atomic E-state index is 6.61. The van der Waals surface area contributed by atoms with Crippen LogP contribution in [0.15, 0.2) is 64.7 Å². The van der Waals surface area contributed by atoms with Crippen LogP contribution in [0.3, 0.4) is 0 Å². The van der Waals surface area contributed by atoms with E-state index in [4.69, 9.17) is 21.2 Å². The molecule has 0 bridgehead atoms. The maximum atomic E-state index is 6.61. The first-order valence-corrected chi connectivity index (χ1v) is 8.00. The predicted octanol–water partition coefficient (Wildman–Crippen LogP) is 2.15. The number of aromatic nitrogens is 1. The summed E-state index contributed by atoms with van der Waals surface area (Å²) in [6, 6.07) is 15.5. The van der Waals surface area contributed by atoms with Crippen LogP contribution in [-0.2, 0) is 5.66 Å². The number of aromatic amines is 1. The Bertz CT molecular complexity index is 990. The highest BCUT2D eigenvalue weighted by atomic mass is 16.5. The minimum Gasteiger partial charge on any atom is -0.497 e. The minimum absolute atomic E-state index is 0.654. The summed E-state index contributed by atoms with van der Waals surface area (Å²) >= 11 is 0. The van der Waals surface area contributed by atoms with Crippen molar-refractivity contribution in [2.45, 2.75) is 11.8 Å². The standard InChI is InChI=1S/C19H19N5O/c1-25-15-4-2-3-12(10-15)17-11-23-18(20)19(21,24-17)14-5-6-16-13(9-14)7-8-22-16/h2-11,18,22H,20-21H2,1H3. The molecule has 25 heavy (non-hydrogen) atoms. The average molecular weight is 333 g/mol. The molecule has 6 nitrogen and oxygen atoms in total. The second kappa shape index (κ2) is 5.84. The number of aliphatic imine (C=N–C) groups is 2. The summed E-state index contributed by atoms with van der Waals surface area (Å²) in [5.41, 5.74) is 15.1. The zero-order chi connectivity index (χ0) is 17.4. The van der Waals surface area contributed by atoms with Crippen molar-refractivity contribution >= 4 is 22.8 Å². The molecule has 2 aromatic carbocycles. The van der Waals surface area contributed by atoms with Crippen LogP contribution in [0.1, 0.15) is 11.1 Å². The molecule has 5 N–H and O–H groups in total. The summed E-state index contributed by atoms with van der Waals surface area (Å²) in [6.07, 6.45) is 2.90. The van der Waals surface area contributed by atoms with Crippen LogP contribution in [0.5, 0.6) is 5.75 Å². The Morgan fingerprint density at radius 1 is 1.16 bits per heavy atom. The summed E-state index contributed by atoms with van der Waals surface area (Å²) in [7, 11) is 1.63. The fourth-order valence-corrected chi connectivity index (χ4v) is 3.02. The molecule has 1 aliphatic rings. The van der Waals surface area contributed by atoms with E-state index in [0.717, 1.165) is 27.8 Å². The van der Waals surface area contributed by atoms with Gasteiger partial charge in [0.25, 0.3) is 0 Å². The van der Waals surface area contributed by atoms with Crippen LogP contribution >= 0.6 is 0 Å². The average Bonchev–Trinajstić information content (AvgIpc) is 3.12. The molecule has 126 valence electrons. The molecule has 2 atom stereocenters. The van der Waals surface area contributed by atoms with Crippen LogP contribution in [0.25, 0.3) is 10.9 Å². The lowest BCUT2D eigenvalue weighted by Gasteiger charge is -2.32. The summed E-state index contributed by atoms with van der Waals surface area (Å²) in [4.78, 5) is 12.3.